The van der Waals surface area contributed by atoms with E-state index in [-0.39, 0.29) is 0 Å². The molecule has 108 valence electrons. The van der Waals surface area contributed by atoms with Crippen molar-refractivity contribution >= 4 is 5.97 Å². The van der Waals surface area contributed by atoms with Gasteiger partial charge >= 0.3 is 0 Å². The molecule has 18 heavy (non-hydrogen) atoms. The first-order chi connectivity index (χ1) is 8.56. The average molecular weight is 257 g/mol. The number of unbranched alkanes of at least 4 members (excludes halogenated alkanes) is 3. The molecule has 0 N–H and O–H groups in total. The summed E-state index contributed by atoms with van der Waals surface area (Å²) in [4.78, 5) is 8.89. The lowest BCUT2D eigenvalue weighted by Crippen LogP contribution is -2.46. The molecule has 1 saturated heterocycles. The number of carboxylic acid groups (broad SMARTS) is 1. The van der Waals surface area contributed by atoms with Gasteiger partial charge in [0.15, 0.2) is 0 Å². The fraction of sp³-hybridized carbons (Fsp3) is 0.933. The predicted octanol–water partition coefficient (Wildman–Crippen LogP) is 2.34. The number of nitrogens with zero attached hydrogens (tertiary/aromatic N) is 1. The van der Waals surface area contributed by atoms with Crippen LogP contribution in [0.25, 0.3) is 0 Å². The third-order valence-electron chi connectivity index (χ3n) is 3.70. The Kier molecular flexibility index (Phi) is 10.0. The zero-order valence-electron chi connectivity index (χ0n) is 12.5. The molecule has 0 saturated carbocycles. The van der Waals surface area contributed by atoms with Gasteiger partial charge in [-0.1, -0.05) is 26.7 Å². The maximum absolute atomic E-state index is 8.89. The van der Waals surface area contributed by atoms with Crippen LogP contribution in [-0.2, 0) is 4.79 Å². The van der Waals surface area contributed by atoms with Crippen LogP contribution in [-0.4, -0.2) is 36.6 Å². The first-order valence-corrected chi connectivity index (χ1v) is 7.59. The van der Waals surface area contributed by atoms with Crippen molar-refractivity contribution in [2.45, 2.75) is 65.7 Å². The van der Waals surface area contributed by atoms with Crippen molar-refractivity contribution < 1.29 is 14.4 Å². The molecule has 3 nitrogen and oxygen atoms in total. The Bertz CT molecular complexity index is 207. The number of carbonyl (C=O) groups excluding carboxylic acids is 1. The van der Waals surface area contributed by atoms with Crippen LogP contribution < -0.4 is 5.11 Å². The van der Waals surface area contributed by atoms with Crippen molar-refractivity contribution in [3.63, 3.8) is 0 Å². The van der Waals surface area contributed by atoms with E-state index < -0.39 is 5.97 Å². The largest absolute Gasteiger partial charge is 0.550 e. The Morgan fingerprint density at radius 1 is 1.00 bits per heavy atom. The smallest absolute Gasteiger partial charge is 0.0788 e. The number of hydrogen-bond acceptors (Lipinski definition) is 2. The lowest BCUT2D eigenvalue weighted by Gasteiger charge is -2.34. The number of aliphatic carboxylic acids is 1. The minimum absolute atomic E-state index is 0.972. The molecule has 0 aromatic carbocycles. The topological polar surface area (TPSA) is 40.1 Å². The standard InChI is InChI=1S/C13H28N.C2H4O2/c1-3-5-6-7-11-14(10-4-2)12-8-9-13-14;1-2(3)4/h3-13H2,1-2H3;1H3,(H,3,4)/q+1;/p-1. The van der Waals surface area contributed by atoms with Gasteiger partial charge in [-0.15, -0.1) is 0 Å². The normalized spacial score (nSPS) is 17.1. The van der Waals surface area contributed by atoms with Gasteiger partial charge in [-0.2, -0.15) is 0 Å². The summed E-state index contributed by atoms with van der Waals surface area (Å²) in [5, 5.41) is 8.89. The van der Waals surface area contributed by atoms with Crippen LogP contribution in [0.3, 0.4) is 0 Å². The number of hydrogen-bond donors (Lipinski definition) is 0. The molecule has 1 fully saturated rings. The van der Waals surface area contributed by atoms with E-state index in [1.54, 1.807) is 0 Å². The Labute approximate surface area is 113 Å². The van der Waals surface area contributed by atoms with E-state index in [0.29, 0.717) is 0 Å². The monoisotopic (exact) mass is 257 g/mol. The summed E-state index contributed by atoms with van der Waals surface area (Å²) in [6.45, 7) is 11.5. The van der Waals surface area contributed by atoms with E-state index in [4.69, 9.17) is 9.90 Å². The van der Waals surface area contributed by atoms with Gasteiger partial charge in [-0.25, -0.2) is 0 Å². The second-order valence-corrected chi connectivity index (χ2v) is 5.50. The molecule has 0 spiro atoms. The number of quaternary nitrogens is 1. The summed E-state index contributed by atoms with van der Waals surface area (Å²) in [5.74, 6) is -1.08. The third-order valence-corrected chi connectivity index (χ3v) is 3.70. The van der Waals surface area contributed by atoms with Gasteiger partial charge < -0.3 is 14.4 Å². The highest BCUT2D eigenvalue weighted by atomic mass is 16.4. The van der Waals surface area contributed by atoms with Gasteiger partial charge in [0.05, 0.1) is 26.2 Å². The molecule has 0 amide bonds. The van der Waals surface area contributed by atoms with Crippen LogP contribution in [0.4, 0.5) is 0 Å². The average Bonchev–Trinajstić information content (AvgIpc) is 2.73. The summed E-state index contributed by atoms with van der Waals surface area (Å²) in [7, 11) is 0. The van der Waals surface area contributed by atoms with Gasteiger partial charge in [0.2, 0.25) is 0 Å². The Hall–Kier alpha value is -0.570. The lowest BCUT2D eigenvalue weighted by atomic mass is 10.2. The van der Waals surface area contributed by atoms with Gasteiger partial charge in [0.1, 0.15) is 0 Å². The minimum Gasteiger partial charge on any atom is -0.550 e. The van der Waals surface area contributed by atoms with E-state index in [2.05, 4.69) is 13.8 Å². The second kappa shape index (κ2) is 10.4. The van der Waals surface area contributed by atoms with Crippen molar-refractivity contribution in [3.8, 4) is 0 Å². The minimum atomic E-state index is -1.08. The second-order valence-electron chi connectivity index (χ2n) is 5.50. The molecule has 0 aromatic heterocycles. The van der Waals surface area contributed by atoms with E-state index in [1.807, 2.05) is 0 Å². The van der Waals surface area contributed by atoms with Crippen molar-refractivity contribution in [3.05, 3.63) is 0 Å². The molecule has 1 rings (SSSR count). The van der Waals surface area contributed by atoms with Gasteiger partial charge in [0.25, 0.3) is 0 Å². The fourth-order valence-electron chi connectivity index (χ4n) is 2.91. The number of rotatable bonds is 7. The first kappa shape index (κ1) is 17.4. The highest BCUT2D eigenvalue weighted by Crippen LogP contribution is 2.21. The van der Waals surface area contributed by atoms with Crippen LogP contribution in [0.5, 0.6) is 0 Å². The molecular formula is C15H31NO2. The number of carbonyl (C=O) groups is 1. The molecule has 0 radical (unpaired) electrons. The summed E-state index contributed by atoms with van der Waals surface area (Å²) >= 11 is 0. The van der Waals surface area contributed by atoms with Crippen LogP contribution in [0.1, 0.15) is 65.7 Å². The molecule has 0 bridgehead atoms. The molecule has 1 aliphatic rings. The molecule has 0 unspecified atom stereocenters. The highest BCUT2D eigenvalue weighted by Gasteiger charge is 2.29. The van der Waals surface area contributed by atoms with Gasteiger partial charge in [0, 0.05) is 18.8 Å². The summed E-state index contributed by atoms with van der Waals surface area (Å²) in [6.07, 6.45) is 10.1. The SMILES string of the molecule is CC(=O)[O-].CCCCCC[N+]1(CCC)CCCC1. The Morgan fingerprint density at radius 3 is 2.00 bits per heavy atom. The summed E-state index contributed by atoms with van der Waals surface area (Å²) in [5.41, 5.74) is 0. The van der Waals surface area contributed by atoms with Crippen LogP contribution in [0, 0.1) is 0 Å². The first-order valence-electron chi connectivity index (χ1n) is 7.59. The van der Waals surface area contributed by atoms with Gasteiger partial charge in [-0.3, -0.25) is 0 Å². The van der Waals surface area contributed by atoms with Crippen molar-refractivity contribution in [1.29, 1.82) is 0 Å². The quantitative estimate of drug-likeness (QED) is 0.519. The molecule has 1 heterocycles. The fourth-order valence-corrected chi connectivity index (χ4v) is 2.91. The van der Waals surface area contributed by atoms with E-state index >= 15 is 0 Å². The molecule has 0 aliphatic carbocycles. The van der Waals surface area contributed by atoms with Crippen LogP contribution in [0.15, 0.2) is 0 Å². The van der Waals surface area contributed by atoms with Crippen molar-refractivity contribution in [2.75, 3.05) is 26.2 Å². The van der Waals surface area contributed by atoms with E-state index in [1.165, 1.54) is 75.6 Å². The number of likely N-dealkylation sites (tertiary alicyclic amines) is 1. The maximum atomic E-state index is 8.89. The van der Waals surface area contributed by atoms with Crippen molar-refractivity contribution in [2.24, 2.45) is 0 Å². The molecular weight excluding hydrogens is 226 g/mol. The number of carboxylic acids is 1. The Balaban J connectivity index is 0.000000631. The maximum Gasteiger partial charge on any atom is 0.0788 e. The Morgan fingerprint density at radius 2 is 1.56 bits per heavy atom. The van der Waals surface area contributed by atoms with E-state index in [0.717, 1.165) is 6.92 Å². The summed E-state index contributed by atoms with van der Waals surface area (Å²) in [6, 6.07) is 0. The molecule has 0 atom stereocenters. The third kappa shape index (κ3) is 8.51. The molecule has 0 aromatic rings. The molecule has 3 heteroatoms. The zero-order chi connectivity index (χ0) is 13.9. The zero-order valence-corrected chi connectivity index (χ0v) is 12.5. The van der Waals surface area contributed by atoms with Crippen molar-refractivity contribution in [1.82, 2.24) is 0 Å². The van der Waals surface area contributed by atoms with Crippen LogP contribution >= 0.6 is 0 Å². The van der Waals surface area contributed by atoms with E-state index in [9.17, 15) is 0 Å². The molecule has 1 aliphatic heterocycles. The predicted molar refractivity (Wildman–Crippen MR) is 74.1 cm³/mol. The lowest BCUT2D eigenvalue weighted by molar-refractivity contribution is -0.917. The highest BCUT2D eigenvalue weighted by molar-refractivity contribution is 5.60. The van der Waals surface area contributed by atoms with Gasteiger partial charge in [-0.05, 0) is 26.2 Å². The summed E-state index contributed by atoms with van der Waals surface area (Å²) < 4.78 is 1.46. The van der Waals surface area contributed by atoms with Crippen LogP contribution in [0.2, 0.25) is 0 Å².